The van der Waals surface area contributed by atoms with Crippen LogP contribution >= 0.6 is 0 Å². The molecular weight excluding hydrogens is 384 g/mol. The zero-order valence-corrected chi connectivity index (χ0v) is 16.3. The molecule has 1 saturated heterocycles. The molecule has 3 heterocycles. The molecule has 4 rings (SSSR count). The van der Waals surface area contributed by atoms with Crippen LogP contribution in [0, 0.1) is 6.92 Å². The van der Waals surface area contributed by atoms with Crippen molar-refractivity contribution in [2.75, 3.05) is 13.1 Å². The van der Waals surface area contributed by atoms with Crippen LogP contribution in [0.3, 0.4) is 0 Å². The number of hydrogen-bond donors (Lipinski definition) is 0. The van der Waals surface area contributed by atoms with E-state index in [0.717, 1.165) is 12.1 Å². The molecule has 0 N–H and O–H groups in total. The number of benzene rings is 1. The predicted octanol–water partition coefficient (Wildman–Crippen LogP) is 1.46. The second-order valence-electron chi connectivity index (χ2n) is 6.81. The summed E-state index contributed by atoms with van der Waals surface area (Å²) in [4.78, 5) is 11.8. The lowest BCUT2D eigenvalue weighted by molar-refractivity contribution is 0.123. The molecule has 0 radical (unpaired) electrons. The van der Waals surface area contributed by atoms with Crippen LogP contribution in [0.5, 0.6) is 5.88 Å². The number of rotatable bonds is 4. The van der Waals surface area contributed by atoms with E-state index in [1.807, 2.05) is 6.92 Å². The molecule has 0 bridgehead atoms. The molecule has 0 amide bonds. The number of sulfonamides is 1. The lowest BCUT2D eigenvalue weighted by Gasteiger charge is -2.31. The van der Waals surface area contributed by atoms with E-state index in [2.05, 4.69) is 10.2 Å². The highest BCUT2D eigenvalue weighted by molar-refractivity contribution is 7.89. The van der Waals surface area contributed by atoms with Crippen molar-refractivity contribution in [1.82, 2.24) is 19.1 Å². The smallest absolute Gasteiger partial charge is 0.419 e. The lowest BCUT2D eigenvalue weighted by Crippen LogP contribution is -2.44. The van der Waals surface area contributed by atoms with Gasteiger partial charge in [-0.25, -0.2) is 13.2 Å². The number of oxazole rings is 1. The van der Waals surface area contributed by atoms with E-state index in [-0.39, 0.29) is 17.5 Å². The Morgan fingerprint density at radius 3 is 2.79 bits per heavy atom. The van der Waals surface area contributed by atoms with Crippen LogP contribution in [0.4, 0.5) is 0 Å². The average molecular weight is 404 g/mol. The number of hydrogen-bond acceptors (Lipinski definition) is 7. The van der Waals surface area contributed by atoms with E-state index in [1.54, 1.807) is 12.1 Å². The normalized spacial score (nSPS) is 18.4. The van der Waals surface area contributed by atoms with Gasteiger partial charge in [0.05, 0.1) is 22.7 Å². The molecule has 148 valence electrons. The average Bonchev–Trinajstić information content (AvgIpc) is 2.97. The second-order valence-corrected chi connectivity index (χ2v) is 8.75. The van der Waals surface area contributed by atoms with Crippen LogP contribution in [0.2, 0.25) is 0 Å². The standard InChI is InChI=1S/C18H20N4O5S/c1-12-5-8-17(20-19-12)26-13-4-3-9-22(11-13)28(24,25)14-6-7-16-15(10-14)21(2)18(23)27-16/h5-8,10,13H,3-4,9,11H2,1-2H3. The molecule has 10 heteroatoms. The zero-order chi connectivity index (χ0) is 19.9. The van der Waals surface area contributed by atoms with Gasteiger partial charge in [-0.3, -0.25) is 4.57 Å². The third-order valence-corrected chi connectivity index (χ3v) is 6.66. The Hall–Kier alpha value is -2.72. The number of aromatic nitrogens is 3. The highest BCUT2D eigenvalue weighted by atomic mass is 32.2. The Morgan fingerprint density at radius 1 is 1.21 bits per heavy atom. The highest BCUT2D eigenvalue weighted by Crippen LogP contribution is 2.25. The number of nitrogens with zero attached hydrogens (tertiary/aromatic N) is 4. The van der Waals surface area contributed by atoms with Gasteiger partial charge in [0, 0.05) is 19.7 Å². The molecule has 2 aromatic heterocycles. The Kier molecular flexibility index (Phi) is 4.68. The molecular formula is C18H20N4O5S. The summed E-state index contributed by atoms with van der Waals surface area (Å²) >= 11 is 0. The number of piperidine rings is 1. The quantitative estimate of drug-likeness (QED) is 0.648. The summed E-state index contributed by atoms with van der Waals surface area (Å²) in [5.74, 6) is -0.153. The Labute approximate surface area is 161 Å². The van der Waals surface area contributed by atoms with Crippen molar-refractivity contribution in [3.63, 3.8) is 0 Å². The van der Waals surface area contributed by atoms with Crippen molar-refractivity contribution >= 4 is 21.1 Å². The molecule has 0 saturated carbocycles. The van der Waals surface area contributed by atoms with Crippen molar-refractivity contribution in [2.45, 2.75) is 30.8 Å². The van der Waals surface area contributed by atoms with Crippen LogP contribution in [-0.4, -0.2) is 46.7 Å². The van der Waals surface area contributed by atoms with Gasteiger partial charge in [-0.2, -0.15) is 9.40 Å². The first kappa shape index (κ1) is 18.6. The zero-order valence-electron chi connectivity index (χ0n) is 15.5. The molecule has 1 fully saturated rings. The van der Waals surface area contributed by atoms with E-state index < -0.39 is 15.8 Å². The summed E-state index contributed by atoms with van der Waals surface area (Å²) in [6.45, 7) is 2.46. The van der Waals surface area contributed by atoms with Crippen molar-refractivity contribution in [1.29, 1.82) is 0 Å². The van der Waals surface area contributed by atoms with Crippen molar-refractivity contribution in [3.8, 4) is 5.88 Å². The van der Waals surface area contributed by atoms with Gasteiger partial charge >= 0.3 is 5.76 Å². The number of aryl methyl sites for hydroxylation is 2. The molecule has 0 aliphatic carbocycles. The van der Waals surface area contributed by atoms with Gasteiger partial charge in [0.25, 0.3) is 0 Å². The third kappa shape index (κ3) is 3.40. The summed E-state index contributed by atoms with van der Waals surface area (Å²) in [5.41, 5.74) is 1.57. The van der Waals surface area contributed by atoms with E-state index in [4.69, 9.17) is 9.15 Å². The number of ether oxygens (including phenoxy) is 1. The van der Waals surface area contributed by atoms with Gasteiger partial charge in [-0.1, -0.05) is 0 Å². The van der Waals surface area contributed by atoms with Gasteiger partial charge in [-0.05, 0) is 44.0 Å². The summed E-state index contributed by atoms with van der Waals surface area (Å²) in [6, 6.07) is 7.94. The molecule has 3 aromatic rings. The van der Waals surface area contributed by atoms with Crippen LogP contribution in [-0.2, 0) is 17.1 Å². The fourth-order valence-corrected chi connectivity index (χ4v) is 4.79. The maximum Gasteiger partial charge on any atom is 0.419 e. The third-order valence-electron chi connectivity index (χ3n) is 4.80. The molecule has 0 spiro atoms. The van der Waals surface area contributed by atoms with Crippen LogP contribution in [0.15, 0.2) is 44.4 Å². The van der Waals surface area contributed by atoms with Gasteiger partial charge < -0.3 is 9.15 Å². The van der Waals surface area contributed by atoms with Gasteiger partial charge in [0.2, 0.25) is 15.9 Å². The molecule has 1 aromatic carbocycles. The van der Waals surface area contributed by atoms with Crippen LogP contribution < -0.4 is 10.5 Å². The fraction of sp³-hybridized carbons (Fsp3) is 0.389. The molecule has 1 unspecified atom stereocenters. The Balaban J connectivity index is 1.57. The summed E-state index contributed by atoms with van der Waals surface area (Å²) in [5, 5.41) is 7.94. The van der Waals surface area contributed by atoms with Crippen LogP contribution in [0.1, 0.15) is 18.5 Å². The van der Waals surface area contributed by atoms with Crippen molar-refractivity contribution < 1.29 is 17.6 Å². The topological polar surface area (TPSA) is 108 Å². The Morgan fingerprint density at radius 2 is 2.04 bits per heavy atom. The monoisotopic (exact) mass is 404 g/mol. The SMILES string of the molecule is Cc1ccc(OC2CCCN(S(=O)(=O)c3ccc4oc(=O)n(C)c4c3)C2)nn1. The second kappa shape index (κ2) is 7.02. The first-order chi connectivity index (χ1) is 13.3. The maximum absolute atomic E-state index is 13.1. The van der Waals surface area contributed by atoms with E-state index in [9.17, 15) is 13.2 Å². The summed E-state index contributed by atoms with van der Waals surface area (Å²) in [7, 11) is -2.19. The first-order valence-electron chi connectivity index (χ1n) is 8.91. The minimum absolute atomic E-state index is 0.118. The van der Waals surface area contributed by atoms with Crippen LogP contribution in [0.25, 0.3) is 11.1 Å². The lowest BCUT2D eigenvalue weighted by atomic mass is 10.1. The fourth-order valence-electron chi connectivity index (χ4n) is 3.26. The van der Waals surface area contributed by atoms with Crippen molar-refractivity contribution in [3.05, 3.63) is 46.6 Å². The minimum Gasteiger partial charge on any atom is -0.472 e. The Bertz CT molecular complexity index is 1170. The van der Waals surface area contributed by atoms with Gasteiger partial charge in [-0.15, -0.1) is 5.10 Å². The van der Waals surface area contributed by atoms with E-state index >= 15 is 0 Å². The molecule has 1 aliphatic rings. The molecule has 28 heavy (non-hydrogen) atoms. The summed E-state index contributed by atoms with van der Waals surface area (Å²) < 4.78 is 39.8. The molecule has 9 nitrogen and oxygen atoms in total. The largest absolute Gasteiger partial charge is 0.472 e. The van der Waals surface area contributed by atoms with Crippen molar-refractivity contribution in [2.24, 2.45) is 7.05 Å². The van der Waals surface area contributed by atoms with Gasteiger partial charge in [0.15, 0.2) is 5.58 Å². The van der Waals surface area contributed by atoms with E-state index in [1.165, 1.54) is 34.1 Å². The highest BCUT2D eigenvalue weighted by Gasteiger charge is 2.32. The summed E-state index contributed by atoms with van der Waals surface area (Å²) in [6.07, 6.45) is 1.11. The number of fused-ring (bicyclic) bond motifs is 1. The first-order valence-corrected chi connectivity index (χ1v) is 10.4. The molecule has 1 aliphatic heterocycles. The van der Waals surface area contributed by atoms with E-state index in [0.29, 0.717) is 29.9 Å². The molecule has 1 atom stereocenters. The minimum atomic E-state index is -3.73. The maximum atomic E-state index is 13.1. The van der Waals surface area contributed by atoms with Gasteiger partial charge in [0.1, 0.15) is 6.10 Å². The predicted molar refractivity (Wildman–Crippen MR) is 101 cm³/mol.